The van der Waals surface area contributed by atoms with Gasteiger partial charge in [-0.3, -0.25) is 0 Å². The second-order valence-corrected chi connectivity index (χ2v) is 3.72. The molecule has 0 aliphatic rings. The lowest BCUT2D eigenvalue weighted by Crippen LogP contribution is -1.99. The summed E-state index contributed by atoms with van der Waals surface area (Å²) in [5.74, 6) is 0.215. The second-order valence-electron chi connectivity index (χ2n) is 3.72. The molecule has 1 aromatic carbocycles. The van der Waals surface area contributed by atoms with Crippen LogP contribution in [0.5, 0.6) is 11.5 Å². The number of benzene rings is 1. The highest BCUT2D eigenvalue weighted by Crippen LogP contribution is 2.33. The first kappa shape index (κ1) is 12.3. The number of aromatic nitrogens is 1. The van der Waals surface area contributed by atoms with Gasteiger partial charge in [0.05, 0.1) is 24.3 Å². The van der Waals surface area contributed by atoms with Crippen molar-refractivity contribution in [1.82, 2.24) is 4.98 Å². The second kappa shape index (κ2) is 5.00. The van der Waals surface area contributed by atoms with Crippen LogP contribution in [0, 0.1) is 0 Å². The molecule has 0 aliphatic heterocycles. The van der Waals surface area contributed by atoms with Crippen LogP contribution in [0.25, 0.3) is 10.9 Å². The van der Waals surface area contributed by atoms with Crippen molar-refractivity contribution in [1.29, 1.82) is 0 Å². The Morgan fingerprint density at radius 1 is 1.22 bits per heavy atom. The van der Waals surface area contributed by atoms with Crippen molar-refractivity contribution >= 4 is 16.9 Å². The Kier molecular flexibility index (Phi) is 3.41. The van der Waals surface area contributed by atoms with Gasteiger partial charge in [-0.2, -0.15) is 0 Å². The molecule has 0 saturated carbocycles. The van der Waals surface area contributed by atoms with E-state index in [4.69, 9.17) is 14.6 Å². The van der Waals surface area contributed by atoms with Crippen molar-refractivity contribution in [2.75, 3.05) is 13.2 Å². The molecule has 2 rings (SSSR count). The van der Waals surface area contributed by atoms with Gasteiger partial charge in [0.2, 0.25) is 0 Å². The number of hydrogen-bond acceptors (Lipinski definition) is 3. The van der Waals surface area contributed by atoms with Crippen molar-refractivity contribution in [2.45, 2.75) is 13.8 Å². The number of ether oxygens (including phenoxy) is 2. The van der Waals surface area contributed by atoms with E-state index in [0.29, 0.717) is 30.1 Å². The molecule has 18 heavy (non-hydrogen) atoms. The zero-order chi connectivity index (χ0) is 13.1. The van der Waals surface area contributed by atoms with Gasteiger partial charge in [0.1, 0.15) is 0 Å². The van der Waals surface area contributed by atoms with Crippen molar-refractivity contribution in [3.63, 3.8) is 0 Å². The first-order chi connectivity index (χ1) is 8.67. The number of carboxylic acids is 1. The molecule has 2 N–H and O–H groups in total. The fourth-order valence-electron chi connectivity index (χ4n) is 1.84. The summed E-state index contributed by atoms with van der Waals surface area (Å²) in [6.45, 7) is 4.78. The van der Waals surface area contributed by atoms with E-state index in [9.17, 15) is 4.79 Å². The Morgan fingerprint density at radius 3 is 2.39 bits per heavy atom. The van der Waals surface area contributed by atoms with Crippen molar-refractivity contribution in [3.05, 3.63) is 23.9 Å². The van der Waals surface area contributed by atoms with Crippen LogP contribution >= 0.6 is 0 Å². The minimum absolute atomic E-state index is 0.231. The van der Waals surface area contributed by atoms with Crippen LogP contribution in [0.2, 0.25) is 0 Å². The molecule has 0 spiro atoms. The topological polar surface area (TPSA) is 71.6 Å². The Labute approximate surface area is 104 Å². The third-order valence-corrected chi connectivity index (χ3v) is 2.58. The number of carbonyl (C=O) groups is 1. The molecule has 1 aromatic heterocycles. The third kappa shape index (κ3) is 2.11. The van der Waals surface area contributed by atoms with Crippen LogP contribution in [0.4, 0.5) is 0 Å². The lowest BCUT2D eigenvalue weighted by atomic mass is 10.1. The van der Waals surface area contributed by atoms with Gasteiger partial charge in [0.15, 0.2) is 11.5 Å². The molecule has 0 fully saturated rings. The van der Waals surface area contributed by atoms with Crippen LogP contribution in [0.1, 0.15) is 24.2 Å². The van der Waals surface area contributed by atoms with Crippen LogP contribution in [0.3, 0.4) is 0 Å². The molecular formula is C13H15NO4. The van der Waals surface area contributed by atoms with Gasteiger partial charge >= 0.3 is 5.97 Å². The Morgan fingerprint density at radius 2 is 1.83 bits per heavy atom. The van der Waals surface area contributed by atoms with Crippen LogP contribution in [-0.4, -0.2) is 29.3 Å². The summed E-state index contributed by atoms with van der Waals surface area (Å²) < 4.78 is 10.9. The van der Waals surface area contributed by atoms with E-state index < -0.39 is 5.97 Å². The standard InChI is InChI=1S/C13H15NO4/c1-3-17-11-5-8-9(13(15)16)7-14-10(8)6-12(11)18-4-2/h5-7,14H,3-4H2,1-2H3,(H,15,16). The lowest BCUT2D eigenvalue weighted by Gasteiger charge is -2.11. The first-order valence-electron chi connectivity index (χ1n) is 5.81. The Hall–Kier alpha value is -2.17. The molecule has 0 saturated heterocycles. The fourth-order valence-corrected chi connectivity index (χ4v) is 1.84. The van der Waals surface area contributed by atoms with Gasteiger partial charge in [0, 0.05) is 17.6 Å². The molecule has 5 heteroatoms. The van der Waals surface area contributed by atoms with Crippen LogP contribution in [-0.2, 0) is 0 Å². The van der Waals surface area contributed by atoms with Gasteiger partial charge in [-0.25, -0.2) is 4.79 Å². The van der Waals surface area contributed by atoms with Crippen molar-refractivity contribution in [2.24, 2.45) is 0 Å². The van der Waals surface area contributed by atoms with E-state index in [2.05, 4.69) is 4.98 Å². The normalized spacial score (nSPS) is 10.6. The van der Waals surface area contributed by atoms with Crippen LogP contribution < -0.4 is 9.47 Å². The first-order valence-corrected chi connectivity index (χ1v) is 5.81. The number of aromatic amines is 1. The van der Waals surface area contributed by atoms with Gasteiger partial charge in [-0.05, 0) is 19.9 Å². The number of carboxylic acid groups (broad SMARTS) is 1. The van der Waals surface area contributed by atoms with Gasteiger partial charge < -0.3 is 19.6 Å². The van der Waals surface area contributed by atoms with E-state index in [1.165, 1.54) is 6.20 Å². The number of rotatable bonds is 5. The number of nitrogens with one attached hydrogen (secondary N) is 1. The summed E-state index contributed by atoms with van der Waals surface area (Å²) in [7, 11) is 0. The molecule has 0 unspecified atom stereocenters. The highest BCUT2D eigenvalue weighted by Gasteiger charge is 2.14. The highest BCUT2D eigenvalue weighted by atomic mass is 16.5. The number of aromatic carboxylic acids is 1. The minimum atomic E-state index is -0.965. The maximum absolute atomic E-state index is 11.1. The Bertz CT molecular complexity index is 574. The van der Waals surface area contributed by atoms with E-state index >= 15 is 0 Å². The zero-order valence-corrected chi connectivity index (χ0v) is 10.3. The van der Waals surface area contributed by atoms with Gasteiger partial charge in [0.25, 0.3) is 0 Å². The van der Waals surface area contributed by atoms with Crippen LogP contribution in [0.15, 0.2) is 18.3 Å². The molecule has 0 bridgehead atoms. The SMILES string of the molecule is CCOc1cc2[nH]cc(C(=O)O)c2cc1OCC. The molecule has 0 atom stereocenters. The maximum Gasteiger partial charge on any atom is 0.337 e. The van der Waals surface area contributed by atoms with E-state index in [1.807, 2.05) is 13.8 Å². The molecule has 0 radical (unpaired) electrons. The Balaban J connectivity index is 2.58. The molecular weight excluding hydrogens is 234 g/mol. The fraction of sp³-hybridized carbons (Fsp3) is 0.308. The molecule has 2 aromatic rings. The summed E-state index contributed by atoms with van der Waals surface area (Å²) >= 11 is 0. The quantitative estimate of drug-likeness (QED) is 0.854. The summed E-state index contributed by atoms with van der Waals surface area (Å²) in [4.78, 5) is 14.0. The van der Waals surface area contributed by atoms with E-state index in [-0.39, 0.29) is 5.56 Å². The number of hydrogen-bond donors (Lipinski definition) is 2. The minimum Gasteiger partial charge on any atom is -0.490 e. The molecule has 0 amide bonds. The lowest BCUT2D eigenvalue weighted by molar-refractivity contribution is 0.0699. The highest BCUT2D eigenvalue weighted by molar-refractivity contribution is 6.04. The maximum atomic E-state index is 11.1. The van der Waals surface area contributed by atoms with Crippen molar-refractivity contribution in [3.8, 4) is 11.5 Å². The number of fused-ring (bicyclic) bond motifs is 1. The smallest absolute Gasteiger partial charge is 0.337 e. The average Bonchev–Trinajstić information content (AvgIpc) is 2.73. The van der Waals surface area contributed by atoms with E-state index in [1.54, 1.807) is 12.1 Å². The summed E-state index contributed by atoms with van der Waals surface area (Å²) in [5, 5.41) is 9.69. The molecule has 96 valence electrons. The molecule has 0 aliphatic carbocycles. The van der Waals surface area contributed by atoms with E-state index in [0.717, 1.165) is 5.52 Å². The van der Waals surface area contributed by atoms with Gasteiger partial charge in [-0.1, -0.05) is 0 Å². The average molecular weight is 249 g/mol. The third-order valence-electron chi connectivity index (χ3n) is 2.58. The molecule has 1 heterocycles. The van der Waals surface area contributed by atoms with Gasteiger partial charge in [-0.15, -0.1) is 0 Å². The monoisotopic (exact) mass is 249 g/mol. The predicted octanol–water partition coefficient (Wildman–Crippen LogP) is 2.66. The largest absolute Gasteiger partial charge is 0.490 e. The van der Waals surface area contributed by atoms with Crippen molar-refractivity contribution < 1.29 is 19.4 Å². The predicted molar refractivity (Wildman–Crippen MR) is 67.6 cm³/mol. The molecule has 5 nitrogen and oxygen atoms in total. The number of H-pyrrole nitrogens is 1. The summed E-state index contributed by atoms with van der Waals surface area (Å²) in [5.41, 5.74) is 0.952. The zero-order valence-electron chi connectivity index (χ0n) is 10.3. The summed E-state index contributed by atoms with van der Waals surface area (Å²) in [6.07, 6.45) is 1.47. The summed E-state index contributed by atoms with van der Waals surface area (Å²) in [6, 6.07) is 3.46.